The second kappa shape index (κ2) is 7.95. The molecular weight excluding hydrogens is 334 g/mol. The summed E-state index contributed by atoms with van der Waals surface area (Å²) in [5, 5.41) is 8.82. The summed E-state index contributed by atoms with van der Waals surface area (Å²) in [6, 6.07) is 15.2. The van der Waals surface area contributed by atoms with Gasteiger partial charge in [-0.05, 0) is 56.7 Å². The van der Waals surface area contributed by atoms with Crippen LogP contribution in [0.15, 0.2) is 58.4 Å². The van der Waals surface area contributed by atoms with Gasteiger partial charge in [0.2, 0.25) is 14.9 Å². The van der Waals surface area contributed by atoms with Crippen molar-refractivity contribution in [3.8, 4) is 6.07 Å². The van der Waals surface area contributed by atoms with E-state index in [-0.39, 0.29) is 4.90 Å². The van der Waals surface area contributed by atoms with Gasteiger partial charge in [-0.3, -0.25) is 0 Å². The van der Waals surface area contributed by atoms with Crippen LogP contribution in [-0.2, 0) is 9.84 Å². The van der Waals surface area contributed by atoms with Gasteiger partial charge in [0.1, 0.15) is 6.07 Å². The summed E-state index contributed by atoms with van der Waals surface area (Å²) in [7, 11) is -3.92. The lowest BCUT2D eigenvalue weighted by Gasteiger charge is -2.21. The number of benzene rings is 2. The van der Waals surface area contributed by atoms with Crippen LogP contribution >= 0.6 is 0 Å². The van der Waals surface area contributed by atoms with Crippen molar-refractivity contribution in [2.24, 2.45) is 4.99 Å². The van der Waals surface area contributed by atoms with Crippen molar-refractivity contribution in [1.82, 2.24) is 0 Å². The lowest BCUT2D eigenvalue weighted by atomic mass is 10.1. The van der Waals surface area contributed by atoms with E-state index < -0.39 is 14.9 Å². The van der Waals surface area contributed by atoms with E-state index >= 15 is 0 Å². The first-order valence-electron chi connectivity index (χ1n) is 8.08. The monoisotopic (exact) mass is 355 g/mol. The highest BCUT2D eigenvalue weighted by Gasteiger charge is 2.22. The Bertz CT molecular complexity index is 909. The standard InChI is InChI=1S/C19H21N3O2S/c1-4-22(5-2)16-11-12-18(15(3)13-16)21-19(14-20)25(23,24)17-9-7-6-8-10-17/h6-13H,4-5H2,1-3H3. The Labute approximate surface area is 149 Å². The Morgan fingerprint density at radius 1 is 1.12 bits per heavy atom. The van der Waals surface area contributed by atoms with Gasteiger partial charge in [-0.1, -0.05) is 18.2 Å². The molecule has 2 aromatic carbocycles. The molecule has 0 N–H and O–H groups in total. The van der Waals surface area contributed by atoms with Crippen molar-refractivity contribution in [3.05, 3.63) is 54.1 Å². The largest absolute Gasteiger partial charge is 0.372 e. The second-order valence-corrected chi connectivity index (χ2v) is 7.35. The topological polar surface area (TPSA) is 73.5 Å². The summed E-state index contributed by atoms with van der Waals surface area (Å²) in [4.78, 5) is 6.38. The molecule has 130 valence electrons. The molecule has 0 aliphatic heterocycles. The quantitative estimate of drug-likeness (QED) is 0.603. The maximum absolute atomic E-state index is 12.6. The molecule has 0 saturated carbocycles. The van der Waals surface area contributed by atoms with E-state index in [1.54, 1.807) is 30.3 Å². The molecule has 0 atom stereocenters. The molecule has 0 aromatic heterocycles. The van der Waals surface area contributed by atoms with E-state index in [1.165, 1.54) is 12.1 Å². The third kappa shape index (κ3) is 4.06. The molecular formula is C19H21N3O2S. The summed E-state index contributed by atoms with van der Waals surface area (Å²) in [5.41, 5.74) is 2.35. The number of aryl methyl sites for hydroxylation is 1. The number of sulfone groups is 1. The highest BCUT2D eigenvalue weighted by Crippen LogP contribution is 2.26. The molecule has 0 aliphatic carbocycles. The molecule has 0 aliphatic rings. The third-order valence-electron chi connectivity index (χ3n) is 3.93. The minimum atomic E-state index is -3.92. The molecule has 5 nitrogen and oxygen atoms in total. The molecule has 2 aromatic rings. The highest BCUT2D eigenvalue weighted by molar-refractivity contribution is 8.07. The first-order valence-corrected chi connectivity index (χ1v) is 9.56. The summed E-state index contributed by atoms with van der Waals surface area (Å²) in [5.74, 6) is 0. The molecule has 6 heteroatoms. The average Bonchev–Trinajstić information content (AvgIpc) is 2.62. The molecule has 0 spiro atoms. The molecule has 0 bridgehead atoms. The number of anilines is 1. The fourth-order valence-electron chi connectivity index (χ4n) is 2.52. The molecule has 0 fully saturated rings. The van der Waals surface area contributed by atoms with Gasteiger partial charge >= 0.3 is 0 Å². The SMILES string of the molecule is CCN(CC)c1ccc(N=C(C#N)S(=O)(=O)c2ccccc2)c(C)c1. The van der Waals surface area contributed by atoms with E-state index in [0.29, 0.717) is 5.69 Å². The Morgan fingerprint density at radius 3 is 2.28 bits per heavy atom. The van der Waals surface area contributed by atoms with Gasteiger partial charge in [-0.2, -0.15) is 5.26 Å². The van der Waals surface area contributed by atoms with Crippen LogP contribution < -0.4 is 4.90 Å². The van der Waals surface area contributed by atoms with Gasteiger partial charge in [0, 0.05) is 18.8 Å². The lowest BCUT2D eigenvalue weighted by Crippen LogP contribution is -2.21. The number of hydrogen-bond acceptors (Lipinski definition) is 5. The Kier molecular flexibility index (Phi) is 5.94. The van der Waals surface area contributed by atoms with E-state index in [1.807, 2.05) is 19.1 Å². The van der Waals surface area contributed by atoms with Gasteiger partial charge in [-0.25, -0.2) is 13.4 Å². The van der Waals surface area contributed by atoms with Crippen LogP contribution in [-0.4, -0.2) is 26.6 Å². The zero-order chi connectivity index (χ0) is 18.4. The Morgan fingerprint density at radius 2 is 1.76 bits per heavy atom. The number of hydrogen-bond donors (Lipinski definition) is 0. The summed E-state index contributed by atoms with van der Waals surface area (Å²) < 4.78 is 25.2. The van der Waals surface area contributed by atoms with Crippen LogP contribution in [0.1, 0.15) is 19.4 Å². The lowest BCUT2D eigenvalue weighted by molar-refractivity contribution is 0.607. The molecule has 0 radical (unpaired) electrons. The number of nitriles is 1. The maximum atomic E-state index is 12.6. The normalized spacial score (nSPS) is 11.8. The van der Waals surface area contributed by atoms with Gasteiger partial charge in [-0.15, -0.1) is 0 Å². The van der Waals surface area contributed by atoms with E-state index in [0.717, 1.165) is 24.3 Å². The van der Waals surface area contributed by atoms with Crippen LogP contribution in [0.3, 0.4) is 0 Å². The first kappa shape index (κ1) is 18.7. The summed E-state index contributed by atoms with van der Waals surface area (Å²) >= 11 is 0. The molecule has 0 saturated heterocycles. The van der Waals surface area contributed by atoms with Gasteiger partial charge in [0.15, 0.2) is 0 Å². The van der Waals surface area contributed by atoms with Crippen molar-refractivity contribution < 1.29 is 8.42 Å². The summed E-state index contributed by atoms with van der Waals surface area (Å²) in [6.07, 6.45) is 0. The molecule has 2 rings (SSSR count). The van der Waals surface area contributed by atoms with Crippen LogP contribution in [0.2, 0.25) is 0 Å². The van der Waals surface area contributed by atoms with Gasteiger partial charge in [0.05, 0.1) is 10.6 Å². The van der Waals surface area contributed by atoms with Crippen LogP contribution in [0, 0.1) is 18.3 Å². The van der Waals surface area contributed by atoms with Crippen LogP contribution in [0.5, 0.6) is 0 Å². The van der Waals surface area contributed by atoms with Gasteiger partial charge in [0.25, 0.3) is 0 Å². The van der Waals surface area contributed by atoms with Crippen molar-refractivity contribution in [2.45, 2.75) is 25.7 Å². The number of nitrogens with zero attached hydrogens (tertiary/aromatic N) is 3. The minimum Gasteiger partial charge on any atom is -0.372 e. The van der Waals surface area contributed by atoms with Gasteiger partial charge < -0.3 is 4.90 Å². The maximum Gasteiger partial charge on any atom is 0.238 e. The smallest absolute Gasteiger partial charge is 0.238 e. The average molecular weight is 355 g/mol. The zero-order valence-corrected chi connectivity index (χ0v) is 15.4. The molecule has 0 unspecified atom stereocenters. The van der Waals surface area contributed by atoms with Crippen molar-refractivity contribution >= 4 is 26.3 Å². The van der Waals surface area contributed by atoms with Crippen molar-refractivity contribution in [2.75, 3.05) is 18.0 Å². The summed E-state index contributed by atoms with van der Waals surface area (Å²) in [6.45, 7) is 7.76. The second-order valence-electron chi connectivity index (χ2n) is 5.49. The Balaban J connectivity index is 2.46. The van der Waals surface area contributed by atoms with E-state index in [4.69, 9.17) is 0 Å². The molecule has 0 amide bonds. The fourth-order valence-corrected chi connectivity index (χ4v) is 3.59. The number of aliphatic imine (C=N–C) groups is 1. The van der Waals surface area contributed by atoms with Crippen LogP contribution in [0.25, 0.3) is 0 Å². The first-order chi connectivity index (χ1) is 11.9. The van der Waals surface area contributed by atoms with Crippen LogP contribution in [0.4, 0.5) is 11.4 Å². The van der Waals surface area contributed by atoms with E-state index in [9.17, 15) is 13.7 Å². The third-order valence-corrected chi connectivity index (χ3v) is 5.52. The predicted molar refractivity (Wildman–Crippen MR) is 101 cm³/mol. The predicted octanol–water partition coefficient (Wildman–Crippen LogP) is 3.87. The molecule has 25 heavy (non-hydrogen) atoms. The van der Waals surface area contributed by atoms with E-state index in [2.05, 4.69) is 23.7 Å². The van der Waals surface area contributed by atoms with Crippen molar-refractivity contribution in [3.63, 3.8) is 0 Å². The van der Waals surface area contributed by atoms with Crippen molar-refractivity contribution in [1.29, 1.82) is 5.26 Å². The minimum absolute atomic E-state index is 0.0627. The molecule has 0 heterocycles. The zero-order valence-electron chi connectivity index (χ0n) is 14.6. The fraction of sp³-hybridized carbons (Fsp3) is 0.263. The number of rotatable bonds is 5. The Hall–Kier alpha value is -2.65. The highest BCUT2D eigenvalue weighted by atomic mass is 32.2.